The molecule has 1 aromatic heterocycles. The molecular weight excluding hydrogens is 332 g/mol. The quantitative estimate of drug-likeness (QED) is 0.467. The molecule has 1 heterocycles. The summed E-state index contributed by atoms with van der Waals surface area (Å²) < 4.78 is 1.25. The molecule has 0 saturated heterocycles. The Hall–Kier alpha value is -2.98. The number of aliphatic hydroxyl groups excluding tert-OH is 1. The first-order valence-corrected chi connectivity index (χ1v) is 6.56. The molecule has 0 fully saturated rings. The van der Waals surface area contributed by atoms with Crippen LogP contribution in [0.3, 0.4) is 0 Å². The molecule has 0 atom stereocenters. The van der Waals surface area contributed by atoms with Gasteiger partial charge in [0, 0.05) is 4.70 Å². The molecule has 0 bridgehead atoms. The Morgan fingerprint density at radius 2 is 1.30 bits per heavy atom. The van der Waals surface area contributed by atoms with E-state index in [2.05, 4.69) is 11.4 Å². The number of rotatable bonds is 1. The lowest BCUT2D eigenvalue weighted by molar-refractivity contribution is -0.159. The minimum atomic E-state index is -1.82. The molecular formula is C13H12O9S. The number of carbonyl (C=O) groups is 4. The summed E-state index contributed by atoms with van der Waals surface area (Å²) in [5, 5.41) is 41.7. The Bertz CT molecular complexity index is 656. The minimum absolute atomic E-state index is 0.133. The predicted octanol–water partition coefficient (Wildman–Crippen LogP) is 0.705. The van der Waals surface area contributed by atoms with Gasteiger partial charge in [-0.2, -0.15) is 0 Å². The van der Waals surface area contributed by atoms with Crippen LogP contribution in [0, 0.1) is 0 Å². The Kier molecular flexibility index (Phi) is 8.59. The summed E-state index contributed by atoms with van der Waals surface area (Å²) in [7, 11) is 0. The second kappa shape index (κ2) is 9.87. The van der Waals surface area contributed by atoms with Gasteiger partial charge in [0.15, 0.2) is 0 Å². The highest BCUT2D eigenvalue weighted by Crippen LogP contribution is 2.21. The third-order valence-corrected chi connectivity index (χ3v) is 2.95. The molecule has 5 N–H and O–H groups in total. The van der Waals surface area contributed by atoms with Crippen molar-refractivity contribution in [2.45, 2.75) is 6.61 Å². The standard InChI is InChI=1S/C9H8OS.2C2H2O4/c10-6-7-1-2-8-3-4-11-9(8)5-7;2*3-1(4)2(5)6/h1-5,10H,6H2;2*(H,3,4)(H,5,6). The largest absolute Gasteiger partial charge is 0.473 e. The van der Waals surface area contributed by atoms with Crippen molar-refractivity contribution >= 4 is 45.3 Å². The van der Waals surface area contributed by atoms with Gasteiger partial charge in [0.25, 0.3) is 0 Å². The predicted molar refractivity (Wildman–Crippen MR) is 78.3 cm³/mol. The minimum Gasteiger partial charge on any atom is -0.473 e. The first kappa shape index (κ1) is 20.0. The molecule has 2 rings (SSSR count). The van der Waals surface area contributed by atoms with E-state index in [1.165, 1.54) is 10.1 Å². The summed E-state index contributed by atoms with van der Waals surface area (Å²) in [5.74, 6) is -7.30. The van der Waals surface area contributed by atoms with Gasteiger partial charge in [0.2, 0.25) is 0 Å². The van der Waals surface area contributed by atoms with Crippen LogP contribution in [0.5, 0.6) is 0 Å². The lowest BCUT2D eigenvalue weighted by Crippen LogP contribution is -2.09. The summed E-state index contributed by atoms with van der Waals surface area (Å²) in [4.78, 5) is 36.4. The third-order valence-electron chi connectivity index (χ3n) is 2.07. The summed E-state index contributed by atoms with van der Waals surface area (Å²) in [6, 6.07) is 8.10. The number of benzene rings is 1. The molecule has 9 nitrogen and oxygen atoms in total. The van der Waals surface area contributed by atoms with Gasteiger partial charge in [-0.05, 0) is 28.5 Å². The van der Waals surface area contributed by atoms with Gasteiger partial charge in [-0.25, -0.2) is 19.2 Å². The maximum absolute atomic E-state index is 9.10. The van der Waals surface area contributed by atoms with Gasteiger partial charge in [-0.3, -0.25) is 0 Å². The number of fused-ring (bicyclic) bond motifs is 1. The van der Waals surface area contributed by atoms with E-state index in [9.17, 15) is 0 Å². The summed E-state index contributed by atoms with van der Waals surface area (Å²) in [5.41, 5.74) is 0.986. The SMILES string of the molecule is O=C(O)C(=O)O.O=C(O)C(=O)O.OCc1ccc2ccsc2c1. The van der Waals surface area contributed by atoms with E-state index < -0.39 is 23.9 Å². The van der Waals surface area contributed by atoms with Crippen molar-refractivity contribution < 1.29 is 44.7 Å². The average Bonchev–Trinajstić information content (AvgIpc) is 2.95. The highest BCUT2D eigenvalue weighted by molar-refractivity contribution is 7.17. The van der Waals surface area contributed by atoms with E-state index in [1.54, 1.807) is 11.3 Å². The fourth-order valence-corrected chi connectivity index (χ4v) is 1.95. The number of aliphatic hydroxyl groups is 1. The van der Waals surface area contributed by atoms with Crippen molar-refractivity contribution in [3.63, 3.8) is 0 Å². The topological polar surface area (TPSA) is 169 Å². The number of hydrogen-bond acceptors (Lipinski definition) is 6. The van der Waals surface area contributed by atoms with Crippen molar-refractivity contribution in [2.75, 3.05) is 0 Å². The summed E-state index contributed by atoms with van der Waals surface area (Å²) in [6.07, 6.45) is 0. The molecule has 0 aliphatic rings. The molecule has 10 heteroatoms. The van der Waals surface area contributed by atoms with Gasteiger partial charge in [0.05, 0.1) is 6.61 Å². The monoisotopic (exact) mass is 344 g/mol. The van der Waals surface area contributed by atoms with Gasteiger partial charge >= 0.3 is 23.9 Å². The van der Waals surface area contributed by atoms with Crippen LogP contribution in [0.4, 0.5) is 0 Å². The maximum Gasteiger partial charge on any atom is 0.414 e. The molecule has 0 saturated carbocycles. The Morgan fingerprint density at radius 1 is 0.826 bits per heavy atom. The van der Waals surface area contributed by atoms with Crippen molar-refractivity contribution in [1.82, 2.24) is 0 Å². The fourth-order valence-electron chi connectivity index (χ4n) is 1.10. The van der Waals surface area contributed by atoms with Gasteiger partial charge in [-0.15, -0.1) is 11.3 Å². The molecule has 0 spiro atoms. The summed E-state index contributed by atoms with van der Waals surface area (Å²) in [6.45, 7) is 0.133. The molecule has 124 valence electrons. The lowest BCUT2D eigenvalue weighted by Gasteiger charge is -1.94. The van der Waals surface area contributed by atoms with Crippen molar-refractivity contribution in [3.05, 3.63) is 35.2 Å². The second-order valence-corrected chi connectivity index (χ2v) is 4.62. The van der Waals surface area contributed by atoms with Crippen LogP contribution in [-0.2, 0) is 25.8 Å². The Morgan fingerprint density at radius 3 is 1.70 bits per heavy atom. The number of carboxylic acids is 4. The van der Waals surface area contributed by atoms with Crippen LogP contribution < -0.4 is 0 Å². The first-order valence-electron chi connectivity index (χ1n) is 5.68. The van der Waals surface area contributed by atoms with Crippen LogP contribution in [0.25, 0.3) is 10.1 Å². The normalized spacial score (nSPS) is 8.91. The van der Waals surface area contributed by atoms with Crippen LogP contribution in [-0.4, -0.2) is 49.4 Å². The highest BCUT2D eigenvalue weighted by atomic mass is 32.1. The van der Waals surface area contributed by atoms with Gasteiger partial charge < -0.3 is 25.5 Å². The second-order valence-electron chi connectivity index (χ2n) is 3.67. The van der Waals surface area contributed by atoms with Crippen LogP contribution in [0.1, 0.15) is 5.56 Å². The van der Waals surface area contributed by atoms with Crippen LogP contribution in [0.2, 0.25) is 0 Å². The van der Waals surface area contributed by atoms with E-state index in [1.807, 2.05) is 18.2 Å². The molecule has 0 aliphatic carbocycles. The molecule has 0 unspecified atom stereocenters. The van der Waals surface area contributed by atoms with E-state index in [-0.39, 0.29) is 6.61 Å². The molecule has 0 radical (unpaired) electrons. The van der Waals surface area contributed by atoms with E-state index >= 15 is 0 Å². The molecule has 0 aliphatic heterocycles. The molecule has 23 heavy (non-hydrogen) atoms. The zero-order valence-corrected chi connectivity index (χ0v) is 12.2. The van der Waals surface area contributed by atoms with Gasteiger partial charge in [-0.1, -0.05) is 12.1 Å². The summed E-state index contributed by atoms with van der Waals surface area (Å²) >= 11 is 1.71. The van der Waals surface area contributed by atoms with Crippen molar-refractivity contribution in [3.8, 4) is 0 Å². The number of carboxylic acid groups (broad SMARTS) is 4. The number of aliphatic carboxylic acids is 4. The molecule has 2 aromatic rings. The third kappa shape index (κ3) is 8.14. The maximum atomic E-state index is 9.10. The zero-order chi connectivity index (χ0) is 18.0. The smallest absolute Gasteiger partial charge is 0.414 e. The van der Waals surface area contributed by atoms with Crippen LogP contribution >= 0.6 is 11.3 Å². The molecule has 0 amide bonds. The van der Waals surface area contributed by atoms with E-state index in [0.717, 1.165) is 5.56 Å². The Balaban J connectivity index is 0.000000349. The number of thiophene rings is 1. The average molecular weight is 344 g/mol. The Labute approximate surface area is 132 Å². The molecule has 1 aromatic carbocycles. The number of hydrogen-bond donors (Lipinski definition) is 5. The fraction of sp³-hybridized carbons (Fsp3) is 0.0769. The highest BCUT2D eigenvalue weighted by Gasteiger charge is 2.04. The van der Waals surface area contributed by atoms with Gasteiger partial charge in [0.1, 0.15) is 0 Å². The van der Waals surface area contributed by atoms with E-state index in [4.69, 9.17) is 44.7 Å². The van der Waals surface area contributed by atoms with Crippen molar-refractivity contribution in [2.24, 2.45) is 0 Å². The first-order chi connectivity index (χ1) is 10.7. The van der Waals surface area contributed by atoms with Crippen LogP contribution in [0.15, 0.2) is 29.6 Å². The van der Waals surface area contributed by atoms with E-state index in [0.29, 0.717) is 0 Å². The lowest BCUT2D eigenvalue weighted by atomic mass is 10.2. The van der Waals surface area contributed by atoms with Crippen molar-refractivity contribution in [1.29, 1.82) is 0 Å². The zero-order valence-electron chi connectivity index (χ0n) is 11.4.